The van der Waals surface area contributed by atoms with Crippen molar-refractivity contribution < 1.29 is 0 Å². The van der Waals surface area contributed by atoms with Crippen LogP contribution in [0.15, 0.2) is 30.3 Å². The van der Waals surface area contributed by atoms with E-state index in [2.05, 4.69) is 6.92 Å². The minimum absolute atomic E-state index is 0.103. The summed E-state index contributed by atoms with van der Waals surface area (Å²) in [5.74, 6) is 0.374. The predicted octanol–water partition coefficient (Wildman–Crippen LogP) is 2.51. The minimum atomic E-state index is 0.103. The van der Waals surface area contributed by atoms with Crippen molar-refractivity contribution in [3.8, 4) is 0 Å². The Hall–Kier alpha value is -1.31. The number of benzene rings is 1. The molecule has 0 bridgehead atoms. The van der Waals surface area contributed by atoms with Gasteiger partial charge in [-0.3, -0.25) is 5.41 Å². The Balaban J connectivity index is 2.82. The van der Waals surface area contributed by atoms with Gasteiger partial charge in [-0.1, -0.05) is 43.7 Å². The number of rotatable bonds is 4. The number of hydrogen-bond acceptors (Lipinski definition) is 1. The first-order valence-electron chi connectivity index (χ1n) is 4.64. The molecule has 0 aromatic heterocycles. The van der Waals surface area contributed by atoms with Crippen molar-refractivity contribution in [3.63, 3.8) is 0 Å². The molecule has 0 saturated heterocycles. The molecule has 1 aromatic rings. The molecule has 0 aliphatic heterocycles. The molecule has 1 atom stereocenters. The third-order valence-electron chi connectivity index (χ3n) is 2.15. The second kappa shape index (κ2) is 4.65. The minimum Gasteiger partial charge on any atom is -0.387 e. The molecule has 0 fully saturated rings. The largest absolute Gasteiger partial charge is 0.387 e. The average Bonchev–Trinajstić information content (AvgIpc) is 2.15. The number of nitrogens with one attached hydrogen (secondary N) is 1. The Bertz CT molecular complexity index is 267. The van der Waals surface area contributed by atoms with Crippen LogP contribution in [-0.4, -0.2) is 5.84 Å². The molecule has 0 amide bonds. The van der Waals surface area contributed by atoms with Crippen molar-refractivity contribution in [3.05, 3.63) is 35.9 Å². The summed E-state index contributed by atoms with van der Waals surface area (Å²) in [4.78, 5) is 0. The van der Waals surface area contributed by atoms with E-state index in [9.17, 15) is 0 Å². The van der Waals surface area contributed by atoms with Crippen molar-refractivity contribution in [1.29, 1.82) is 5.41 Å². The monoisotopic (exact) mass is 176 g/mol. The van der Waals surface area contributed by atoms with Gasteiger partial charge in [0.2, 0.25) is 0 Å². The molecular formula is C11H16N2. The van der Waals surface area contributed by atoms with Crippen molar-refractivity contribution in [2.75, 3.05) is 0 Å². The quantitative estimate of drug-likeness (QED) is 0.537. The third-order valence-corrected chi connectivity index (χ3v) is 2.15. The van der Waals surface area contributed by atoms with Crippen LogP contribution in [0.1, 0.15) is 31.2 Å². The van der Waals surface area contributed by atoms with Crippen molar-refractivity contribution in [2.24, 2.45) is 5.73 Å². The maximum atomic E-state index is 7.47. The highest BCUT2D eigenvalue weighted by Crippen LogP contribution is 2.20. The molecule has 2 nitrogen and oxygen atoms in total. The van der Waals surface area contributed by atoms with Crippen molar-refractivity contribution >= 4 is 5.84 Å². The lowest BCUT2D eigenvalue weighted by molar-refractivity contribution is 0.737. The maximum Gasteiger partial charge on any atom is 0.0981 e. The third kappa shape index (κ3) is 2.58. The zero-order valence-corrected chi connectivity index (χ0v) is 7.96. The van der Waals surface area contributed by atoms with Gasteiger partial charge in [0.25, 0.3) is 0 Å². The predicted molar refractivity (Wildman–Crippen MR) is 56.0 cm³/mol. The molecule has 0 spiro atoms. The summed E-state index contributed by atoms with van der Waals surface area (Å²) in [6, 6.07) is 10.0. The fourth-order valence-electron chi connectivity index (χ4n) is 1.48. The number of nitrogens with two attached hydrogens (primary N) is 1. The Morgan fingerprint density at radius 3 is 2.46 bits per heavy atom. The summed E-state index contributed by atoms with van der Waals surface area (Å²) < 4.78 is 0. The lowest BCUT2D eigenvalue weighted by atomic mass is 9.94. The van der Waals surface area contributed by atoms with Gasteiger partial charge in [-0.05, 0) is 12.0 Å². The van der Waals surface area contributed by atoms with E-state index in [0.29, 0.717) is 0 Å². The summed E-state index contributed by atoms with van der Waals surface area (Å²) in [5, 5.41) is 7.47. The molecule has 70 valence electrons. The fourth-order valence-corrected chi connectivity index (χ4v) is 1.48. The maximum absolute atomic E-state index is 7.47. The SMILES string of the molecule is CCCC(C(=N)N)c1ccccc1. The van der Waals surface area contributed by atoms with Crippen molar-refractivity contribution in [1.82, 2.24) is 0 Å². The molecule has 0 heterocycles. The van der Waals surface area contributed by atoms with Gasteiger partial charge in [0.1, 0.15) is 0 Å². The second-order valence-corrected chi connectivity index (χ2v) is 3.21. The van der Waals surface area contributed by atoms with Crippen molar-refractivity contribution in [2.45, 2.75) is 25.7 Å². The Morgan fingerprint density at radius 1 is 1.38 bits per heavy atom. The van der Waals surface area contributed by atoms with Crippen LogP contribution in [-0.2, 0) is 0 Å². The summed E-state index contributed by atoms with van der Waals surface area (Å²) in [5.41, 5.74) is 6.69. The average molecular weight is 176 g/mol. The van der Waals surface area contributed by atoms with Crippen LogP contribution in [0.4, 0.5) is 0 Å². The van der Waals surface area contributed by atoms with Gasteiger partial charge < -0.3 is 5.73 Å². The van der Waals surface area contributed by atoms with Gasteiger partial charge >= 0.3 is 0 Å². The van der Waals surface area contributed by atoms with Crippen LogP contribution in [0.5, 0.6) is 0 Å². The first kappa shape index (κ1) is 9.78. The Kier molecular flexibility index (Phi) is 3.50. The van der Waals surface area contributed by atoms with E-state index >= 15 is 0 Å². The highest BCUT2D eigenvalue weighted by atomic mass is 14.7. The molecule has 3 N–H and O–H groups in total. The van der Waals surface area contributed by atoms with E-state index in [0.717, 1.165) is 18.4 Å². The molecule has 0 saturated carbocycles. The van der Waals surface area contributed by atoms with E-state index in [1.807, 2.05) is 30.3 Å². The number of hydrogen-bond donors (Lipinski definition) is 2. The van der Waals surface area contributed by atoms with Gasteiger partial charge in [0, 0.05) is 5.92 Å². The van der Waals surface area contributed by atoms with Gasteiger partial charge in [-0.25, -0.2) is 0 Å². The molecule has 1 rings (SSSR count). The zero-order valence-electron chi connectivity index (χ0n) is 7.96. The van der Waals surface area contributed by atoms with Crippen LogP contribution < -0.4 is 5.73 Å². The standard InChI is InChI=1S/C11H16N2/c1-2-6-10(11(12)13)9-7-4-3-5-8-9/h3-5,7-8,10H,2,6H2,1H3,(H3,12,13). The van der Waals surface area contributed by atoms with Gasteiger partial charge in [-0.15, -0.1) is 0 Å². The fraction of sp³-hybridized carbons (Fsp3) is 0.364. The van der Waals surface area contributed by atoms with Gasteiger partial charge in [0.05, 0.1) is 5.84 Å². The van der Waals surface area contributed by atoms with Crippen LogP contribution in [0.25, 0.3) is 0 Å². The molecule has 2 heteroatoms. The van der Waals surface area contributed by atoms with Crippen LogP contribution in [0.3, 0.4) is 0 Å². The molecule has 1 unspecified atom stereocenters. The van der Waals surface area contributed by atoms with E-state index < -0.39 is 0 Å². The Labute approximate surface area is 79.3 Å². The van der Waals surface area contributed by atoms with Crippen LogP contribution in [0.2, 0.25) is 0 Å². The summed E-state index contributed by atoms with van der Waals surface area (Å²) in [6.07, 6.45) is 2.01. The summed E-state index contributed by atoms with van der Waals surface area (Å²) in [7, 11) is 0. The highest BCUT2D eigenvalue weighted by molar-refractivity contribution is 5.84. The Morgan fingerprint density at radius 2 is 2.00 bits per heavy atom. The highest BCUT2D eigenvalue weighted by Gasteiger charge is 2.12. The van der Waals surface area contributed by atoms with Crippen LogP contribution >= 0.6 is 0 Å². The number of amidine groups is 1. The first-order chi connectivity index (χ1) is 6.25. The molecule has 0 aliphatic carbocycles. The summed E-state index contributed by atoms with van der Waals surface area (Å²) >= 11 is 0. The van der Waals surface area contributed by atoms with E-state index in [1.54, 1.807) is 0 Å². The van der Waals surface area contributed by atoms with Gasteiger partial charge in [-0.2, -0.15) is 0 Å². The second-order valence-electron chi connectivity index (χ2n) is 3.21. The van der Waals surface area contributed by atoms with Gasteiger partial charge in [0.15, 0.2) is 0 Å². The lowest BCUT2D eigenvalue weighted by Gasteiger charge is -2.14. The smallest absolute Gasteiger partial charge is 0.0981 e. The van der Waals surface area contributed by atoms with E-state index in [1.165, 1.54) is 0 Å². The molecule has 13 heavy (non-hydrogen) atoms. The lowest BCUT2D eigenvalue weighted by Crippen LogP contribution is -2.20. The van der Waals surface area contributed by atoms with E-state index in [-0.39, 0.29) is 11.8 Å². The van der Waals surface area contributed by atoms with E-state index in [4.69, 9.17) is 11.1 Å². The molecule has 0 radical (unpaired) electrons. The normalized spacial score (nSPS) is 12.4. The first-order valence-corrected chi connectivity index (χ1v) is 4.64. The molecule has 0 aliphatic rings. The summed E-state index contributed by atoms with van der Waals surface area (Å²) in [6.45, 7) is 2.11. The zero-order chi connectivity index (χ0) is 9.68. The van der Waals surface area contributed by atoms with Crippen LogP contribution in [0, 0.1) is 5.41 Å². The molecule has 1 aromatic carbocycles. The molecular weight excluding hydrogens is 160 g/mol. The topological polar surface area (TPSA) is 49.9 Å².